The minimum Gasteiger partial charge on any atom is -0.281 e. The number of hydrogen-bond acceptors (Lipinski definition) is 1. The summed E-state index contributed by atoms with van der Waals surface area (Å²) in [4.78, 5) is 2.49. The van der Waals surface area contributed by atoms with Crippen LogP contribution in [0.15, 0.2) is 89.4 Å². The maximum Gasteiger partial charge on any atom is 0.0747 e. The van der Waals surface area contributed by atoms with Crippen molar-refractivity contribution in [2.45, 2.75) is 33.0 Å². The highest BCUT2D eigenvalue weighted by Gasteiger charge is 2.20. The molecule has 0 radical (unpaired) electrons. The van der Waals surface area contributed by atoms with Crippen LogP contribution in [0.25, 0.3) is 0 Å². The molecule has 0 bridgehead atoms. The lowest BCUT2D eigenvalue weighted by Crippen LogP contribution is -2.37. The van der Waals surface area contributed by atoms with Crippen LogP contribution in [-0.4, -0.2) is 10.9 Å². The Labute approximate surface area is 177 Å². The molecule has 0 aliphatic heterocycles. The Morgan fingerprint density at radius 1 is 0.750 bits per heavy atom. The van der Waals surface area contributed by atoms with Crippen molar-refractivity contribution in [3.05, 3.63) is 106 Å². The second-order valence-electron chi connectivity index (χ2n) is 7.34. The summed E-state index contributed by atoms with van der Waals surface area (Å²) in [5.41, 5.74) is 3.68. The zero-order chi connectivity index (χ0) is 19.8. The van der Waals surface area contributed by atoms with Gasteiger partial charge < -0.3 is 0 Å². The largest absolute Gasteiger partial charge is 0.281 e. The van der Waals surface area contributed by atoms with Gasteiger partial charge in [0.25, 0.3) is 0 Å². The highest BCUT2D eigenvalue weighted by molar-refractivity contribution is 9.10. The molecule has 1 atom stereocenters. The summed E-state index contributed by atoms with van der Waals surface area (Å²) in [6.07, 6.45) is 0. The van der Waals surface area contributed by atoms with Gasteiger partial charge in [0.1, 0.15) is 0 Å². The summed E-state index contributed by atoms with van der Waals surface area (Å²) in [6, 6.07) is 29.7. The van der Waals surface area contributed by atoms with Gasteiger partial charge in [0, 0.05) is 23.1 Å². The Morgan fingerprint density at radius 3 is 1.71 bits per heavy atom. The van der Waals surface area contributed by atoms with E-state index in [-0.39, 0.29) is 6.04 Å². The highest BCUT2D eigenvalue weighted by Crippen LogP contribution is 2.19. The van der Waals surface area contributed by atoms with E-state index in [0.717, 1.165) is 23.1 Å². The van der Waals surface area contributed by atoms with Gasteiger partial charge in [-0.15, -0.1) is 0 Å². The third-order valence-corrected chi connectivity index (χ3v) is 5.22. The van der Waals surface area contributed by atoms with E-state index in [1.54, 1.807) is 0 Å². The molecule has 142 valence electrons. The summed E-state index contributed by atoms with van der Waals surface area (Å²) >= 11 is 3.49. The standard InChI is InChI=1S/C26H26BrN/c1-21(2)26(18-15-22-13-16-25(27)17-14-22)28(19-23-9-5-3-6-10-23)20-24-11-7-4-8-12-24/h3-14,16-17,21,26H,19-20H2,1-2H3/t26-/m1/s1. The minimum atomic E-state index is 0.170. The van der Waals surface area contributed by atoms with Crippen LogP contribution in [0.3, 0.4) is 0 Å². The van der Waals surface area contributed by atoms with Crippen LogP contribution >= 0.6 is 15.9 Å². The first-order chi connectivity index (χ1) is 13.6. The average Bonchev–Trinajstić information content (AvgIpc) is 2.71. The van der Waals surface area contributed by atoms with Crippen molar-refractivity contribution in [2.75, 3.05) is 0 Å². The first-order valence-corrected chi connectivity index (χ1v) is 10.5. The monoisotopic (exact) mass is 431 g/mol. The summed E-state index contributed by atoms with van der Waals surface area (Å²) < 4.78 is 1.08. The fourth-order valence-corrected chi connectivity index (χ4v) is 3.52. The van der Waals surface area contributed by atoms with Gasteiger partial charge >= 0.3 is 0 Å². The Bertz CT molecular complexity index is 864. The molecule has 3 aromatic rings. The molecule has 2 heteroatoms. The van der Waals surface area contributed by atoms with E-state index < -0.39 is 0 Å². The van der Waals surface area contributed by atoms with Gasteiger partial charge in [0.15, 0.2) is 0 Å². The quantitative estimate of drug-likeness (QED) is 0.401. The molecule has 0 spiro atoms. The molecule has 28 heavy (non-hydrogen) atoms. The van der Waals surface area contributed by atoms with E-state index in [1.165, 1.54) is 11.1 Å². The SMILES string of the molecule is CC(C)[C@@H](C#Cc1ccc(Br)cc1)N(Cc1ccccc1)Cc1ccccc1. The molecule has 0 aliphatic rings. The minimum absolute atomic E-state index is 0.170. The van der Waals surface area contributed by atoms with Crippen LogP contribution in [0.1, 0.15) is 30.5 Å². The first-order valence-electron chi connectivity index (χ1n) is 9.71. The van der Waals surface area contributed by atoms with E-state index in [1.807, 2.05) is 12.1 Å². The topological polar surface area (TPSA) is 3.24 Å². The highest BCUT2D eigenvalue weighted by atomic mass is 79.9. The van der Waals surface area contributed by atoms with Gasteiger partial charge in [-0.1, -0.05) is 102 Å². The third-order valence-electron chi connectivity index (χ3n) is 4.69. The average molecular weight is 432 g/mol. The van der Waals surface area contributed by atoms with Crippen molar-refractivity contribution < 1.29 is 0 Å². The molecule has 0 aliphatic carbocycles. The predicted octanol–water partition coefficient (Wildman–Crippen LogP) is 6.53. The Kier molecular flexibility index (Phi) is 7.48. The predicted molar refractivity (Wildman–Crippen MR) is 122 cm³/mol. The van der Waals surface area contributed by atoms with Crippen LogP contribution in [0.5, 0.6) is 0 Å². The van der Waals surface area contributed by atoms with Crippen LogP contribution in [0, 0.1) is 17.8 Å². The van der Waals surface area contributed by atoms with Crippen LogP contribution < -0.4 is 0 Å². The van der Waals surface area contributed by atoms with Gasteiger partial charge in [0.05, 0.1) is 6.04 Å². The van der Waals surface area contributed by atoms with E-state index in [0.29, 0.717) is 5.92 Å². The molecule has 0 fully saturated rings. The van der Waals surface area contributed by atoms with Crippen molar-refractivity contribution in [2.24, 2.45) is 5.92 Å². The zero-order valence-corrected chi connectivity index (χ0v) is 18.1. The zero-order valence-electron chi connectivity index (χ0n) is 16.5. The first kappa shape index (κ1) is 20.4. The molecule has 0 unspecified atom stereocenters. The Hall–Kier alpha value is -2.34. The number of benzene rings is 3. The summed E-state index contributed by atoms with van der Waals surface area (Å²) in [6.45, 7) is 6.27. The molecule has 0 aromatic heterocycles. The number of hydrogen-bond donors (Lipinski definition) is 0. The molecule has 3 aromatic carbocycles. The number of nitrogens with zero attached hydrogens (tertiary/aromatic N) is 1. The normalized spacial score (nSPS) is 11.9. The maximum atomic E-state index is 3.56. The molecule has 0 heterocycles. The second kappa shape index (κ2) is 10.3. The van der Waals surface area contributed by atoms with E-state index >= 15 is 0 Å². The fraction of sp³-hybridized carbons (Fsp3) is 0.231. The lowest BCUT2D eigenvalue weighted by molar-refractivity contribution is 0.179. The molecule has 0 amide bonds. The summed E-state index contributed by atoms with van der Waals surface area (Å²) in [5, 5.41) is 0. The molecular weight excluding hydrogens is 406 g/mol. The van der Waals surface area contributed by atoms with E-state index in [9.17, 15) is 0 Å². The molecule has 0 N–H and O–H groups in total. The fourth-order valence-electron chi connectivity index (χ4n) is 3.26. The molecular formula is C26H26BrN. The van der Waals surface area contributed by atoms with Crippen molar-refractivity contribution in [3.63, 3.8) is 0 Å². The van der Waals surface area contributed by atoms with Crippen LogP contribution in [0.2, 0.25) is 0 Å². The third kappa shape index (κ3) is 6.09. The van der Waals surface area contributed by atoms with Gasteiger partial charge in [-0.25, -0.2) is 0 Å². The van der Waals surface area contributed by atoms with Crippen LogP contribution in [-0.2, 0) is 13.1 Å². The van der Waals surface area contributed by atoms with E-state index in [2.05, 4.69) is 119 Å². The lowest BCUT2D eigenvalue weighted by atomic mass is 10.0. The summed E-state index contributed by atoms with van der Waals surface area (Å²) in [7, 11) is 0. The number of rotatable bonds is 6. The Balaban J connectivity index is 1.88. The second-order valence-corrected chi connectivity index (χ2v) is 8.26. The number of halogens is 1. The van der Waals surface area contributed by atoms with Crippen LogP contribution in [0.4, 0.5) is 0 Å². The Morgan fingerprint density at radius 2 is 1.25 bits per heavy atom. The van der Waals surface area contributed by atoms with Gasteiger partial charge in [0.2, 0.25) is 0 Å². The lowest BCUT2D eigenvalue weighted by Gasteiger charge is -2.31. The molecule has 0 saturated carbocycles. The van der Waals surface area contributed by atoms with Gasteiger partial charge in [-0.3, -0.25) is 4.90 Å². The van der Waals surface area contributed by atoms with Crippen molar-refractivity contribution in [1.29, 1.82) is 0 Å². The maximum absolute atomic E-state index is 3.56. The molecule has 1 nitrogen and oxygen atoms in total. The van der Waals surface area contributed by atoms with Crippen molar-refractivity contribution >= 4 is 15.9 Å². The smallest absolute Gasteiger partial charge is 0.0747 e. The van der Waals surface area contributed by atoms with Gasteiger partial charge in [-0.05, 0) is 41.3 Å². The van der Waals surface area contributed by atoms with Crippen molar-refractivity contribution in [3.8, 4) is 11.8 Å². The summed E-state index contributed by atoms with van der Waals surface area (Å²) in [5.74, 6) is 7.38. The molecule has 3 rings (SSSR count). The van der Waals surface area contributed by atoms with Crippen molar-refractivity contribution in [1.82, 2.24) is 4.90 Å². The van der Waals surface area contributed by atoms with E-state index in [4.69, 9.17) is 0 Å². The molecule has 0 saturated heterocycles. The van der Waals surface area contributed by atoms with Gasteiger partial charge in [-0.2, -0.15) is 0 Å².